The van der Waals surface area contributed by atoms with Crippen molar-refractivity contribution in [2.75, 3.05) is 96.9 Å². The van der Waals surface area contributed by atoms with Crippen molar-refractivity contribution in [2.45, 2.75) is 259 Å². The largest absolute Gasteiger partial charge is 0.479 e. The topological polar surface area (TPSA) is 946 Å². The standard InChI is InChI=1S/C66H113N11O51S9/c78-18-29-49-43(86)47(90)60(122-29)114-13-3-1-5-23-27(120-62(126-49)45(88)38(23)81)16-70-64(129)67-7-10-77(11-8-68-65(130)71-17-28-24-6-2-4-14-115-61-48(91)44(87)50(30(19-79)123-61)127-63(121-28)46(89)39(24)82)12-9-69-66(131)72-55-36(75-136(108,109)110)41(84)52(33(118-55)22-133(99,100)101)125-59-37(76-137(111,112)113)42(85)53(54(128-59)57(94)95)116-20-31-35(74-135(105,106)107)40(83)51(32(117-31)21-132(96,97)98)124-58-34(73-134(102,103)104)25(80)15-26(119-58)56(92)93/h15,23-25,27-55,58-63,73-76,78-91H,1-14,16-22H2,(H,92,93)(H,94,95)(H2,67,70,129)(H2,68,71,130)(H2,69,72,131)(H,96,97,98)(H,99,100,101)(H,102,103,104)(H,105,106,107)(H,108,109,110)(H,111,112,113). The maximum Gasteiger partial charge on any atom is 0.371 e. The number of aliphatic hydroxyl groups is 14. The Labute approximate surface area is 796 Å². The zero-order valence-electron chi connectivity index (χ0n) is 71.2. The van der Waals surface area contributed by atoms with Crippen LogP contribution in [0.5, 0.6) is 0 Å². The van der Waals surface area contributed by atoms with Crippen LogP contribution in [0.15, 0.2) is 11.8 Å². The van der Waals surface area contributed by atoms with Crippen molar-refractivity contribution in [2.24, 2.45) is 11.8 Å². The second-order valence-corrected chi connectivity index (χ2v) is 42.0. The number of carboxylic acid groups (broad SMARTS) is 2. The van der Waals surface area contributed by atoms with Gasteiger partial charge in [0.2, 0.25) is 12.0 Å². The molecule has 0 radical (unpaired) electrons. The number of ether oxygens (including phenoxy) is 15. The van der Waals surface area contributed by atoms with Gasteiger partial charge in [-0.3, -0.25) is 32.2 Å². The normalized spacial score (nSPS) is 39.6. The van der Waals surface area contributed by atoms with Crippen LogP contribution in [-0.4, -0.2) is 509 Å². The van der Waals surface area contributed by atoms with E-state index in [1.54, 1.807) is 9.62 Å². The Bertz CT molecular complexity index is 4690. The Hall–Kier alpha value is -4.31. The van der Waals surface area contributed by atoms with Crippen LogP contribution in [0.3, 0.4) is 0 Å². The third kappa shape index (κ3) is 32.1. The highest BCUT2D eigenvalue weighted by Crippen LogP contribution is 2.40. The summed E-state index contributed by atoms with van der Waals surface area (Å²) < 4.78 is 303. The van der Waals surface area contributed by atoms with Gasteiger partial charge in [0.15, 0.2) is 52.9 Å². The molecule has 32 N–H and O–H groups in total. The van der Waals surface area contributed by atoms with Crippen LogP contribution in [0, 0.1) is 11.8 Å². The molecule has 71 heteroatoms. The quantitative estimate of drug-likeness (QED) is 0.0203. The smallest absolute Gasteiger partial charge is 0.371 e. The van der Waals surface area contributed by atoms with E-state index in [4.69, 9.17) is 108 Å². The molecule has 15 fully saturated rings. The lowest BCUT2D eigenvalue weighted by Gasteiger charge is -2.49. The van der Waals surface area contributed by atoms with E-state index in [0.29, 0.717) is 31.8 Å². The molecule has 38 atom stereocenters. The van der Waals surface area contributed by atoms with Gasteiger partial charge in [0.25, 0.3) is 20.2 Å². The summed E-state index contributed by atoms with van der Waals surface area (Å²) in [5.74, 6) is -10.7. The number of hydrogen-bond acceptors (Lipinski definition) is 47. The van der Waals surface area contributed by atoms with Gasteiger partial charge < -0.3 is 185 Å². The molecule has 16 aliphatic heterocycles. The summed E-state index contributed by atoms with van der Waals surface area (Å²) in [6, 6.07) is -10.3. The lowest BCUT2D eigenvalue weighted by atomic mass is 9.84. The number of nitrogens with one attached hydrogen (secondary N) is 10. The van der Waals surface area contributed by atoms with E-state index in [2.05, 4.69) is 31.9 Å². The van der Waals surface area contributed by atoms with Crippen molar-refractivity contribution in [3.05, 3.63) is 11.8 Å². The maximum atomic E-state index is 13.2. The van der Waals surface area contributed by atoms with Gasteiger partial charge in [-0.05, 0) is 68.4 Å². The summed E-state index contributed by atoms with van der Waals surface area (Å²) in [5, 5.41) is 194. The predicted molar refractivity (Wildman–Crippen MR) is 455 cm³/mol. The van der Waals surface area contributed by atoms with E-state index in [0.717, 1.165) is 0 Å². The van der Waals surface area contributed by atoms with Crippen molar-refractivity contribution in [3.63, 3.8) is 0 Å². The summed E-state index contributed by atoms with van der Waals surface area (Å²) in [7, 11) is -33.7. The minimum Gasteiger partial charge on any atom is -0.479 e. The molecule has 0 amide bonds. The number of carboxylic acids is 2. The van der Waals surface area contributed by atoms with Gasteiger partial charge in [0, 0.05) is 77.4 Å². The van der Waals surface area contributed by atoms with Gasteiger partial charge in [-0.25, -0.2) is 9.59 Å². The van der Waals surface area contributed by atoms with Crippen molar-refractivity contribution in [1.82, 2.24) is 55.7 Å². The minimum atomic E-state index is -5.85. The molecule has 0 aliphatic carbocycles. The molecule has 0 saturated carbocycles. The predicted octanol–water partition coefficient (Wildman–Crippen LogP) is -17.1. The van der Waals surface area contributed by atoms with E-state index >= 15 is 0 Å². The second-order valence-electron chi connectivity index (χ2n) is 33.1. The van der Waals surface area contributed by atoms with Gasteiger partial charge in [-0.15, -0.1) is 0 Å². The molecule has 0 aromatic heterocycles. The zero-order valence-corrected chi connectivity index (χ0v) is 78.5. The Kier molecular flexibility index (Phi) is 41.2. The fraction of sp³-hybridized carbons (Fsp3) is 0.894. The summed E-state index contributed by atoms with van der Waals surface area (Å²) in [5.41, 5.74) is 0. The average molecular weight is 2170 g/mol. The van der Waals surface area contributed by atoms with Crippen molar-refractivity contribution < 1.29 is 240 Å². The Morgan fingerprint density at radius 1 is 0.416 bits per heavy atom. The minimum absolute atomic E-state index is 0.00453. The summed E-state index contributed by atoms with van der Waals surface area (Å²) in [6.45, 7) is -3.66. The van der Waals surface area contributed by atoms with E-state index in [9.17, 15) is 169 Å². The molecule has 792 valence electrons. The van der Waals surface area contributed by atoms with E-state index < -0.39 is 348 Å². The highest BCUT2D eigenvalue weighted by molar-refractivity contribution is 7.86. The molecular formula is C66H113N11O51S9. The lowest BCUT2D eigenvalue weighted by Crippen LogP contribution is -2.72. The molecule has 62 nitrogen and oxygen atoms in total. The van der Waals surface area contributed by atoms with Crippen LogP contribution in [0.1, 0.15) is 38.5 Å². The fourth-order valence-corrected chi connectivity index (χ4v) is 21.3. The first-order valence-electron chi connectivity index (χ1n) is 41.9. The fourth-order valence-electron chi connectivity index (χ4n) is 17.0. The zero-order chi connectivity index (χ0) is 101. The van der Waals surface area contributed by atoms with Crippen molar-refractivity contribution in [1.29, 1.82) is 0 Å². The van der Waals surface area contributed by atoms with E-state index in [-0.39, 0.29) is 88.6 Å². The molecule has 16 heterocycles. The van der Waals surface area contributed by atoms with Crippen LogP contribution in [0.4, 0.5) is 0 Å². The highest BCUT2D eigenvalue weighted by atomic mass is 32.3. The van der Waals surface area contributed by atoms with Gasteiger partial charge in [0.1, 0.15) is 146 Å². The number of rotatable bonds is 37. The van der Waals surface area contributed by atoms with Crippen molar-refractivity contribution >= 4 is 125 Å². The van der Waals surface area contributed by atoms with Crippen LogP contribution in [-0.2, 0) is 142 Å². The molecule has 8 bridgehead atoms. The van der Waals surface area contributed by atoms with Crippen LogP contribution >= 0.6 is 36.7 Å². The Balaban J connectivity index is 0.841. The monoisotopic (exact) mass is 2160 g/mol. The number of aliphatic hydroxyl groups excluding tert-OH is 14. The third-order valence-corrected chi connectivity index (χ3v) is 28.0. The summed E-state index contributed by atoms with van der Waals surface area (Å²) in [6.07, 6.45) is -61.8. The first-order chi connectivity index (χ1) is 63.9. The molecule has 38 unspecified atom stereocenters. The number of hydrogen-bond donors (Lipinski definition) is 32. The average Bonchev–Trinajstić information content (AvgIpc) is 0.773. The van der Waals surface area contributed by atoms with Crippen LogP contribution in [0.2, 0.25) is 0 Å². The van der Waals surface area contributed by atoms with E-state index in [1.165, 1.54) is 14.2 Å². The Morgan fingerprint density at radius 3 is 1.26 bits per heavy atom. The van der Waals surface area contributed by atoms with Gasteiger partial charge in [0.05, 0.1) is 62.4 Å². The third-order valence-electron chi connectivity index (χ3n) is 23.4. The molecule has 15 saturated heterocycles. The lowest BCUT2D eigenvalue weighted by molar-refractivity contribution is -0.355. The highest BCUT2D eigenvalue weighted by Gasteiger charge is 2.60. The molecule has 16 aliphatic rings. The molecule has 137 heavy (non-hydrogen) atoms. The molecule has 16 rings (SSSR count). The van der Waals surface area contributed by atoms with Gasteiger partial charge in [-0.2, -0.15) is 69.4 Å². The molecule has 0 aromatic rings. The van der Waals surface area contributed by atoms with Gasteiger partial charge in [-0.1, -0.05) is 12.8 Å². The number of aliphatic carboxylic acids is 2. The van der Waals surface area contributed by atoms with E-state index in [1.807, 2.05) is 0 Å². The molecular weight excluding hydrogens is 2050 g/mol. The van der Waals surface area contributed by atoms with Crippen molar-refractivity contribution in [3.8, 4) is 0 Å². The molecule has 0 spiro atoms. The first-order valence-corrected chi connectivity index (χ1v) is 52.1. The summed E-state index contributed by atoms with van der Waals surface area (Å²) >= 11 is 16.9. The number of thiocarbonyl (C=S) groups is 3. The van der Waals surface area contributed by atoms with Crippen LogP contribution in [0.25, 0.3) is 0 Å². The number of nitrogens with zero attached hydrogens (tertiary/aromatic N) is 1. The second kappa shape index (κ2) is 49.3. The summed E-state index contributed by atoms with van der Waals surface area (Å²) in [4.78, 5) is 26.9. The van der Waals surface area contributed by atoms with Crippen LogP contribution < -0.4 is 50.8 Å². The number of carbonyl (C=O) groups is 2. The maximum absolute atomic E-state index is 13.2. The molecule has 0 aromatic carbocycles. The van der Waals surface area contributed by atoms with Gasteiger partial charge >= 0.3 is 53.2 Å². The first kappa shape index (κ1) is 115. The Morgan fingerprint density at radius 2 is 0.818 bits per heavy atom. The SMILES string of the molecule is O=C(O)C1=CC(O)C(NS(=O)(=O)O)C(OC2C(CS(=O)(=O)O)OC(COC3C(C(=O)O)OC(OC4C(CS(=O)(=O)O)OC(NC(=S)NCCN(CCNC(=S)NCC5OC6OC7C(CO)OC(OCCCCC5C(O)C6O)C(O)C7O)CCNC(=S)NCC5OC6OC7C(CO)OC(OCCCCC5C(O)C6O)C(O)C7O)C(NS(=O)(=O)O)C4O)C(NS(=O)(=O)O)C3O)C(NS(=O)(=O)O)C2O)O1.